The van der Waals surface area contributed by atoms with Crippen LogP contribution in [-0.2, 0) is 11.2 Å². The Kier molecular flexibility index (Phi) is 4.09. The van der Waals surface area contributed by atoms with Crippen molar-refractivity contribution in [3.8, 4) is 0 Å². The van der Waals surface area contributed by atoms with Crippen molar-refractivity contribution in [3.05, 3.63) is 33.8 Å². The lowest BCUT2D eigenvalue weighted by Crippen LogP contribution is -2.36. The maximum absolute atomic E-state index is 6.10. The zero-order valence-electron chi connectivity index (χ0n) is 8.96. The molecule has 0 amide bonds. The van der Waals surface area contributed by atoms with E-state index in [0.717, 1.165) is 31.4 Å². The van der Waals surface area contributed by atoms with Crippen LogP contribution in [0, 0.1) is 0 Å². The normalized spacial score (nSPS) is 22.3. The van der Waals surface area contributed by atoms with Crippen LogP contribution in [0.1, 0.15) is 18.4 Å². The molecule has 0 saturated carbocycles. The molecular weight excluding hydrogens is 245 g/mol. The van der Waals surface area contributed by atoms with Gasteiger partial charge in [-0.3, -0.25) is 0 Å². The highest BCUT2D eigenvalue weighted by atomic mass is 35.5. The molecule has 1 aliphatic heterocycles. The van der Waals surface area contributed by atoms with Gasteiger partial charge in [-0.15, -0.1) is 0 Å². The van der Waals surface area contributed by atoms with E-state index in [0.29, 0.717) is 10.0 Å². The van der Waals surface area contributed by atoms with E-state index >= 15 is 0 Å². The van der Waals surface area contributed by atoms with Gasteiger partial charge in [-0.25, -0.2) is 0 Å². The average molecular weight is 260 g/mol. The predicted octanol–water partition coefficient (Wildman–Crippen LogP) is 3.04. The molecule has 1 fully saturated rings. The molecule has 0 spiro atoms. The van der Waals surface area contributed by atoms with Crippen LogP contribution in [0.5, 0.6) is 0 Å². The minimum absolute atomic E-state index is 0.0414. The first kappa shape index (κ1) is 12.2. The monoisotopic (exact) mass is 259 g/mol. The fraction of sp³-hybridized carbons (Fsp3) is 0.500. The largest absolute Gasteiger partial charge is 0.377 e. The summed E-state index contributed by atoms with van der Waals surface area (Å²) in [7, 11) is 0. The average Bonchev–Trinajstić information content (AvgIpc) is 2.77. The summed E-state index contributed by atoms with van der Waals surface area (Å²) in [4.78, 5) is 0. The molecule has 0 radical (unpaired) electrons. The summed E-state index contributed by atoms with van der Waals surface area (Å²) < 4.78 is 5.56. The standard InChI is InChI=1S/C12H15Cl2NO/c13-9-4-3-8(6-10(9)14)7-11(15)12-2-1-5-16-12/h3-4,6,11-12H,1-2,5,7,15H2. The highest BCUT2D eigenvalue weighted by Crippen LogP contribution is 2.24. The summed E-state index contributed by atoms with van der Waals surface area (Å²) in [6, 6.07) is 5.68. The van der Waals surface area contributed by atoms with Crippen molar-refractivity contribution < 1.29 is 4.74 Å². The molecular formula is C12H15Cl2NO. The van der Waals surface area contributed by atoms with Gasteiger partial charge in [0.15, 0.2) is 0 Å². The van der Waals surface area contributed by atoms with Crippen molar-refractivity contribution in [2.75, 3.05) is 6.61 Å². The Morgan fingerprint density at radius 1 is 1.38 bits per heavy atom. The van der Waals surface area contributed by atoms with Gasteiger partial charge in [-0.05, 0) is 37.0 Å². The number of hydrogen-bond donors (Lipinski definition) is 1. The van der Waals surface area contributed by atoms with E-state index in [4.69, 9.17) is 33.7 Å². The third-order valence-electron chi connectivity index (χ3n) is 2.90. The van der Waals surface area contributed by atoms with E-state index in [2.05, 4.69) is 0 Å². The Labute approximate surface area is 106 Å². The van der Waals surface area contributed by atoms with E-state index in [1.165, 1.54) is 0 Å². The van der Waals surface area contributed by atoms with Crippen molar-refractivity contribution in [1.29, 1.82) is 0 Å². The third kappa shape index (κ3) is 2.89. The highest BCUT2D eigenvalue weighted by molar-refractivity contribution is 6.42. The van der Waals surface area contributed by atoms with Crippen molar-refractivity contribution >= 4 is 23.2 Å². The summed E-state index contributed by atoms with van der Waals surface area (Å²) in [5, 5.41) is 1.16. The quantitative estimate of drug-likeness (QED) is 0.906. The lowest BCUT2D eigenvalue weighted by molar-refractivity contribution is 0.0900. The second-order valence-corrected chi connectivity index (χ2v) is 4.98. The van der Waals surface area contributed by atoms with E-state index < -0.39 is 0 Å². The van der Waals surface area contributed by atoms with Gasteiger partial charge in [-0.2, -0.15) is 0 Å². The molecule has 4 heteroatoms. The Balaban J connectivity index is 1.99. The Morgan fingerprint density at radius 2 is 2.19 bits per heavy atom. The Bertz CT molecular complexity index is 364. The van der Waals surface area contributed by atoms with Crippen LogP contribution in [-0.4, -0.2) is 18.8 Å². The molecule has 0 aliphatic carbocycles. The molecule has 1 aromatic carbocycles. The van der Waals surface area contributed by atoms with Crippen molar-refractivity contribution in [2.45, 2.75) is 31.4 Å². The molecule has 0 aromatic heterocycles. The second-order valence-electron chi connectivity index (χ2n) is 4.17. The van der Waals surface area contributed by atoms with Crippen LogP contribution >= 0.6 is 23.2 Å². The fourth-order valence-corrected chi connectivity index (χ4v) is 2.33. The van der Waals surface area contributed by atoms with Crippen LogP contribution in [0.4, 0.5) is 0 Å². The van der Waals surface area contributed by atoms with Crippen molar-refractivity contribution in [3.63, 3.8) is 0 Å². The maximum atomic E-state index is 6.10. The van der Waals surface area contributed by atoms with Gasteiger partial charge >= 0.3 is 0 Å². The summed E-state index contributed by atoms with van der Waals surface area (Å²) in [5.41, 5.74) is 7.21. The van der Waals surface area contributed by atoms with Gasteiger partial charge in [0.1, 0.15) is 0 Å². The molecule has 2 rings (SSSR count). The van der Waals surface area contributed by atoms with Crippen LogP contribution < -0.4 is 5.73 Å². The van der Waals surface area contributed by atoms with Gasteiger partial charge in [0.05, 0.1) is 16.1 Å². The minimum Gasteiger partial charge on any atom is -0.377 e. The highest BCUT2D eigenvalue weighted by Gasteiger charge is 2.22. The van der Waals surface area contributed by atoms with Gasteiger partial charge < -0.3 is 10.5 Å². The van der Waals surface area contributed by atoms with E-state index in [9.17, 15) is 0 Å². The first-order chi connectivity index (χ1) is 7.66. The number of halogens is 2. The molecule has 16 heavy (non-hydrogen) atoms. The van der Waals surface area contributed by atoms with E-state index in [1.807, 2.05) is 12.1 Å². The first-order valence-corrected chi connectivity index (χ1v) is 6.23. The van der Waals surface area contributed by atoms with Crippen molar-refractivity contribution in [2.24, 2.45) is 5.73 Å². The SMILES string of the molecule is NC(Cc1ccc(Cl)c(Cl)c1)C1CCCO1. The van der Waals surface area contributed by atoms with Crippen molar-refractivity contribution in [1.82, 2.24) is 0 Å². The van der Waals surface area contributed by atoms with Crippen LogP contribution in [0.2, 0.25) is 10.0 Å². The zero-order valence-corrected chi connectivity index (χ0v) is 10.5. The molecule has 2 nitrogen and oxygen atoms in total. The summed E-state index contributed by atoms with van der Waals surface area (Å²) >= 11 is 11.8. The molecule has 1 aromatic rings. The van der Waals surface area contributed by atoms with Crippen LogP contribution in [0.3, 0.4) is 0 Å². The zero-order chi connectivity index (χ0) is 11.5. The molecule has 1 saturated heterocycles. The number of nitrogens with two attached hydrogens (primary N) is 1. The maximum Gasteiger partial charge on any atom is 0.0730 e. The smallest absolute Gasteiger partial charge is 0.0730 e. The van der Waals surface area contributed by atoms with Gasteiger partial charge in [0.25, 0.3) is 0 Å². The molecule has 1 aliphatic rings. The topological polar surface area (TPSA) is 35.2 Å². The van der Waals surface area contributed by atoms with Gasteiger partial charge in [0, 0.05) is 12.6 Å². The molecule has 2 unspecified atom stereocenters. The summed E-state index contributed by atoms with van der Waals surface area (Å²) in [6.07, 6.45) is 3.14. The molecule has 0 bridgehead atoms. The summed E-state index contributed by atoms with van der Waals surface area (Å²) in [6.45, 7) is 0.833. The third-order valence-corrected chi connectivity index (χ3v) is 3.64. The predicted molar refractivity (Wildman–Crippen MR) is 67.1 cm³/mol. The number of ether oxygens (including phenoxy) is 1. The van der Waals surface area contributed by atoms with Crippen LogP contribution in [0.15, 0.2) is 18.2 Å². The van der Waals surface area contributed by atoms with Crippen LogP contribution in [0.25, 0.3) is 0 Å². The molecule has 1 heterocycles. The van der Waals surface area contributed by atoms with Gasteiger partial charge in [-0.1, -0.05) is 29.3 Å². The molecule has 2 N–H and O–H groups in total. The molecule has 88 valence electrons. The minimum atomic E-state index is 0.0414. The molecule has 2 atom stereocenters. The van der Waals surface area contributed by atoms with Gasteiger partial charge in [0.2, 0.25) is 0 Å². The second kappa shape index (κ2) is 5.37. The lowest BCUT2D eigenvalue weighted by Gasteiger charge is -2.18. The van der Waals surface area contributed by atoms with E-state index in [1.54, 1.807) is 6.07 Å². The van der Waals surface area contributed by atoms with E-state index in [-0.39, 0.29) is 12.1 Å². The first-order valence-electron chi connectivity index (χ1n) is 5.48. The summed E-state index contributed by atoms with van der Waals surface area (Å²) in [5.74, 6) is 0. The Morgan fingerprint density at radius 3 is 2.81 bits per heavy atom. The number of rotatable bonds is 3. The fourth-order valence-electron chi connectivity index (χ4n) is 2.01. The lowest BCUT2D eigenvalue weighted by atomic mass is 10.0. The Hall–Kier alpha value is -0.280. The number of benzene rings is 1. The number of hydrogen-bond acceptors (Lipinski definition) is 2.